The molecule has 0 aliphatic carbocycles. The number of alkyl halides is 3. The Morgan fingerprint density at radius 2 is 1.94 bits per heavy atom. The largest absolute Gasteiger partial charge is 0.417 e. The van der Waals surface area contributed by atoms with Crippen LogP contribution in [0.25, 0.3) is 10.9 Å². The Hall–Kier alpha value is -1.62. The quantitative estimate of drug-likeness (QED) is 0.578. The number of hydrogen-bond donors (Lipinski definition) is 0. The first-order chi connectivity index (χ1) is 8.29. The Labute approximate surface area is 105 Å². The van der Waals surface area contributed by atoms with Gasteiger partial charge in [0, 0.05) is 10.9 Å². The molecule has 0 saturated carbocycles. The second-order valence-electron chi connectivity index (χ2n) is 3.78. The standard InChI is InChI=1S/C12H7ClF3NO/c1-6(18)7-2-3-10-8(4-7)9(12(14,15)16)5-11(13)17-10/h2-5H,1H3. The van der Waals surface area contributed by atoms with Gasteiger partial charge in [-0.2, -0.15) is 13.2 Å². The van der Waals surface area contributed by atoms with Gasteiger partial charge < -0.3 is 0 Å². The lowest BCUT2D eigenvalue weighted by Crippen LogP contribution is -2.07. The summed E-state index contributed by atoms with van der Waals surface area (Å²) in [5.41, 5.74) is -0.572. The van der Waals surface area contributed by atoms with Crippen molar-refractivity contribution in [2.45, 2.75) is 13.1 Å². The summed E-state index contributed by atoms with van der Waals surface area (Å²) in [6.07, 6.45) is -4.54. The molecular formula is C12H7ClF3NO. The zero-order chi connectivity index (χ0) is 13.5. The van der Waals surface area contributed by atoms with Crippen molar-refractivity contribution >= 4 is 28.3 Å². The molecule has 0 unspecified atom stereocenters. The summed E-state index contributed by atoms with van der Waals surface area (Å²) in [4.78, 5) is 15.0. The number of ketones is 1. The Morgan fingerprint density at radius 1 is 1.28 bits per heavy atom. The fourth-order valence-electron chi connectivity index (χ4n) is 1.65. The molecule has 0 saturated heterocycles. The third-order valence-electron chi connectivity index (χ3n) is 2.49. The topological polar surface area (TPSA) is 30.0 Å². The van der Waals surface area contributed by atoms with Crippen LogP contribution in [-0.4, -0.2) is 10.8 Å². The number of benzene rings is 1. The van der Waals surface area contributed by atoms with Gasteiger partial charge in [-0.15, -0.1) is 0 Å². The first kappa shape index (κ1) is 12.8. The van der Waals surface area contributed by atoms with Crippen molar-refractivity contribution in [3.63, 3.8) is 0 Å². The van der Waals surface area contributed by atoms with E-state index < -0.39 is 11.7 Å². The van der Waals surface area contributed by atoms with Crippen LogP contribution in [0, 0.1) is 0 Å². The fourth-order valence-corrected chi connectivity index (χ4v) is 1.85. The van der Waals surface area contributed by atoms with Gasteiger partial charge in [0.05, 0.1) is 11.1 Å². The first-order valence-electron chi connectivity index (χ1n) is 4.97. The third-order valence-corrected chi connectivity index (χ3v) is 2.68. The number of carbonyl (C=O) groups is 1. The van der Waals surface area contributed by atoms with E-state index in [0.717, 1.165) is 6.07 Å². The zero-order valence-electron chi connectivity index (χ0n) is 9.18. The maximum Gasteiger partial charge on any atom is 0.417 e. The molecule has 0 aliphatic heterocycles. The first-order valence-corrected chi connectivity index (χ1v) is 5.35. The minimum absolute atomic E-state index is 0.111. The van der Waals surface area contributed by atoms with Gasteiger partial charge in [-0.3, -0.25) is 4.79 Å². The number of aromatic nitrogens is 1. The SMILES string of the molecule is CC(=O)c1ccc2nc(Cl)cc(C(F)(F)F)c2c1. The summed E-state index contributed by atoms with van der Waals surface area (Å²) < 4.78 is 38.6. The van der Waals surface area contributed by atoms with Crippen molar-refractivity contribution in [1.82, 2.24) is 4.98 Å². The molecule has 1 aromatic carbocycles. The summed E-state index contributed by atoms with van der Waals surface area (Å²) in [6, 6.07) is 4.72. The van der Waals surface area contributed by atoms with Gasteiger partial charge in [0.2, 0.25) is 0 Å². The average Bonchev–Trinajstić information content (AvgIpc) is 2.25. The molecule has 0 atom stereocenters. The monoisotopic (exact) mass is 273 g/mol. The predicted octanol–water partition coefficient (Wildman–Crippen LogP) is 4.11. The van der Waals surface area contributed by atoms with Gasteiger partial charge >= 0.3 is 6.18 Å². The van der Waals surface area contributed by atoms with Crippen LogP contribution in [0.1, 0.15) is 22.8 Å². The highest BCUT2D eigenvalue weighted by atomic mass is 35.5. The number of Topliss-reactive ketones (excluding diaryl/α,β-unsaturated/α-hetero) is 1. The van der Waals surface area contributed by atoms with Crippen LogP contribution in [-0.2, 0) is 6.18 Å². The van der Waals surface area contributed by atoms with E-state index in [-0.39, 0.29) is 27.4 Å². The summed E-state index contributed by atoms with van der Waals surface area (Å²) in [7, 11) is 0. The highest BCUT2D eigenvalue weighted by Gasteiger charge is 2.33. The number of nitrogens with zero attached hydrogens (tertiary/aromatic N) is 1. The molecule has 2 nitrogen and oxygen atoms in total. The van der Waals surface area contributed by atoms with Crippen molar-refractivity contribution in [2.75, 3.05) is 0 Å². The summed E-state index contributed by atoms with van der Waals surface area (Å²) in [6.45, 7) is 1.29. The molecule has 0 amide bonds. The van der Waals surface area contributed by atoms with Crippen LogP contribution < -0.4 is 0 Å². The van der Waals surface area contributed by atoms with Crippen LogP contribution in [0.15, 0.2) is 24.3 Å². The van der Waals surface area contributed by atoms with Crippen LogP contribution in [0.3, 0.4) is 0 Å². The number of carbonyl (C=O) groups excluding carboxylic acids is 1. The number of pyridine rings is 1. The van der Waals surface area contributed by atoms with Gasteiger partial charge in [0.15, 0.2) is 5.78 Å². The Bertz CT molecular complexity index is 637. The van der Waals surface area contributed by atoms with Crippen LogP contribution in [0.5, 0.6) is 0 Å². The van der Waals surface area contributed by atoms with Crippen molar-refractivity contribution in [3.05, 3.63) is 40.5 Å². The number of fused-ring (bicyclic) bond motifs is 1. The molecule has 0 N–H and O–H groups in total. The Morgan fingerprint density at radius 3 is 2.50 bits per heavy atom. The number of rotatable bonds is 1. The number of halogens is 4. The van der Waals surface area contributed by atoms with E-state index in [9.17, 15) is 18.0 Å². The van der Waals surface area contributed by atoms with Crippen molar-refractivity contribution < 1.29 is 18.0 Å². The van der Waals surface area contributed by atoms with Crippen molar-refractivity contribution in [3.8, 4) is 0 Å². The van der Waals surface area contributed by atoms with Crippen LogP contribution >= 0.6 is 11.6 Å². The second-order valence-corrected chi connectivity index (χ2v) is 4.17. The molecule has 0 fully saturated rings. The van der Waals surface area contributed by atoms with Gasteiger partial charge in [-0.1, -0.05) is 11.6 Å². The molecule has 18 heavy (non-hydrogen) atoms. The van der Waals surface area contributed by atoms with Crippen molar-refractivity contribution in [2.24, 2.45) is 0 Å². The molecule has 0 bridgehead atoms. The number of hydrogen-bond acceptors (Lipinski definition) is 2. The average molecular weight is 274 g/mol. The lowest BCUT2D eigenvalue weighted by atomic mass is 10.0. The normalized spacial score (nSPS) is 11.8. The lowest BCUT2D eigenvalue weighted by Gasteiger charge is -2.11. The van der Waals surface area contributed by atoms with E-state index in [1.165, 1.54) is 25.1 Å². The summed E-state index contributed by atoms with van der Waals surface area (Å²) in [5.74, 6) is -0.306. The molecule has 6 heteroatoms. The van der Waals surface area contributed by atoms with Gasteiger partial charge in [0.1, 0.15) is 5.15 Å². The molecule has 1 heterocycles. The van der Waals surface area contributed by atoms with Crippen LogP contribution in [0.4, 0.5) is 13.2 Å². The third kappa shape index (κ3) is 2.31. The molecule has 2 aromatic rings. The van der Waals surface area contributed by atoms with E-state index >= 15 is 0 Å². The van der Waals surface area contributed by atoms with E-state index in [4.69, 9.17) is 11.6 Å². The fraction of sp³-hybridized carbons (Fsp3) is 0.167. The Balaban J connectivity index is 2.82. The highest BCUT2D eigenvalue weighted by Crippen LogP contribution is 2.36. The lowest BCUT2D eigenvalue weighted by molar-refractivity contribution is -0.136. The zero-order valence-corrected chi connectivity index (χ0v) is 9.93. The minimum Gasteiger partial charge on any atom is -0.295 e. The molecule has 94 valence electrons. The van der Waals surface area contributed by atoms with Gasteiger partial charge in [0.25, 0.3) is 0 Å². The minimum atomic E-state index is -4.54. The molecule has 0 radical (unpaired) electrons. The highest BCUT2D eigenvalue weighted by molar-refractivity contribution is 6.30. The summed E-state index contributed by atoms with van der Waals surface area (Å²) >= 11 is 5.55. The van der Waals surface area contributed by atoms with Gasteiger partial charge in [-0.05, 0) is 31.2 Å². The maximum atomic E-state index is 12.9. The predicted molar refractivity (Wildman–Crippen MR) is 61.8 cm³/mol. The Kier molecular flexibility index (Phi) is 3.02. The van der Waals surface area contributed by atoms with Gasteiger partial charge in [-0.25, -0.2) is 4.98 Å². The molecular weight excluding hydrogens is 267 g/mol. The summed E-state index contributed by atoms with van der Waals surface area (Å²) in [5, 5.41) is -0.356. The van der Waals surface area contributed by atoms with Crippen molar-refractivity contribution in [1.29, 1.82) is 0 Å². The molecule has 0 aliphatic rings. The molecule has 1 aromatic heterocycles. The van der Waals surface area contributed by atoms with E-state index in [2.05, 4.69) is 4.98 Å². The van der Waals surface area contributed by atoms with E-state index in [1.807, 2.05) is 0 Å². The smallest absolute Gasteiger partial charge is 0.295 e. The van der Waals surface area contributed by atoms with E-state index in [1.54, 1.807) is 0 Å². The second kappa shape index (κ2) is 4.24. The molecule has 2 rings (SSSR count). The maximum absolute atomic E-state index is 12.9. The van der Waals surface area contributed by atoms with E-state index in [0.29, 0.717) is 0 Å². The molecule has 0 spiro atoms. The van der Waals surface area contributed by atoms with Crippen LogP contribution in [0.2, 0.25) is 5.15 Å².